The average Bonchev–Trinajstić information content (AvgIpc) is 3.04. The molecule has 0 spiro atoms. The molecule has 1 fully saturated rings. The highest BCUT2D eigenvalue weighted by atomic mass is 35.7. The molecule has 0 aliphatic heterocycles. The first kappa shape index (κ1) is 15.2. The maximum absolute atomic E-state index is 12.3. The van der Waals surface area contributed by atoms with Crippen LogP contribution in [0.1, 0.15) is 29.4 Å². The zero-order valence-corrected chi connectivity index (χ0v) is 12.2. The summed E-state index contributed by atoms with van der Waals surface area (Å²) in [6, 6.07) is 1.16. The van der Waals surface area contributed by atoms with Crippen LogP contribution in [0.4, 0.5) is 8.78 Å². The zero-order valence-electron chi connectivity index (χ0n) is 10.6. The molecule has 0 saturated heterocycles. The Morgan fingerprint density at radius 2 is 2.15 bits per heavy atom. The van der Waals surface area contributed by atoms with Crippen molar-refractivity contribution in [1.29, 1.82) is 0 Å². The highest BCUT2D eigenvalue weighted by Gasteiger charge is 2.31. The number of alkyl halides is 2. The molecule has 1 amide bonds. The Hall–Kier alpha value is -1.15. The molecule has 1 aliphatic carbocycles. The van der Waals surface area contributed by atoms with Crippen molar-refractivity contribution in [3.8, 4) is 0 Å². The van der Waals surface area contributed by atoms with Crippen molar-refractivity contribution in [3.05, 3.63) is 18.0 Å². The van der Waals surface area contributed by atoms with Gasteiger partial charge >= 0.3 is 0 Å². The van der Waals surface area contributed by atoms with E-state index in [9.17, 15) is 22.0 Å². The number of rotatable bonds is 5. The molecule has 0 unspecified atom stereocenters. The lowest BCUT2D eigenvalue weighted by Crippen LogP contribution is -2.32. The van der Waals surface area contributed by atoms with Gasteiger partial charge in [-0.25, -0.2) is 17.2 Å². The number of halogens is 3. The summed E-state index contributed by atoms with van der Waals surface area (Å²) in [5, 5.41) is 0. The highest BCUT2D eigenvalue weighted by Crippen LogP contribution is 2.38. The lowest BCUT2D eigenvalue weighted by atomic mass is 10.3. The summed E-state index contributed by atoms with van der Waals surface area (Å²) in [7, 11) is 2.54. The molecule has 20 heavy (non-hydrogen) atoms. The third-order valence-electron chi connectivity index (χ3n) is 3.02. The van der Waals surface area contributed by atoms with Crippen molar-refractivity contribution in [2.75, 3.05) is 13.6 Å². The minimum absolute atomic E-state index is 0.0288. The van der Waals surface area contributed by atoms with Crippen molar-refractivity contribution in [2.45, 2.75) is 30.2 Å². The third kappa shape index (κ3) is 3.29. The molecule has 2 rings (SSSR count). The van der Waals surface area contributed by atoms with Gasteiger partial charge in [-0.15, -0.1) is 0 Å². The van der Waals surface area contributed by atoms with Gasteiger partial charge in [-0.1, -0.05) is 0 Å². The highest BCUT2D eigenvalue weighted by molar-refractivity contribution is 8.13. The SMILES string of the molecule is CN(CC(F)F)C(=O)c1cc(S(=O)(=O)Cl)cn1C1CC1. The molecule has 0 radical (unpaired) electrons. The van der Waals surface area contributed by atoms with Crippen LogP contribution in [0.5, 0.6) is 0 Å². The molecule has 0 atom stereocenters. The van der Waals surface area contributed by atoms with Gasteiger partial charge in [0.25, 0.3) is 21.4 Å². The van der Waals surface area contributed by atoms with Crippen LogP contribution >= 0.6 is 10.7 Å². The first-order valence-electron chi connectivity index (χ1n) is 5.90. The predicted octanol–water partition coefficient (Wildman–Crippen LogP) is 2.09. The number of nitrogens with zero attached hydrogens (tertiary/aromatic N) is 2. The van der Waals surface area contributed by atoms with Crippen LogP contribution in [0, 0.1) is 0 Å². The Morgan fingerprint density at radius 3 is 2.60 bits per heavy atom. The number of hydrogen-bond acceptors (Lipinski definition) is 3. The van der Waals surface area contributed by atoms with Gasteiger partial charge in [0.1, 0.15) is 10.6 Å². The lowest BCUT2D eigenvalue weighted by molar-refractivity contribution is 0.0611. The second kappa shape index (κ2) is 5.33. The van der Waals surface area contributed by atoms with Gasteiger partial charge in [-0.3, -0.25) is 4.79 Å². The van der Waals surface area contributed by atoms with Crippen molar-refractivity contribution >= 4 is 25.6 Å². The van der Waals surface area contributed by atoms with E-state index in [4.69, 9.17) is 10.7 Å². The van der Waals surface area contributed by atoms with Gasteiger partial charge < -0.3 is 9.47 Å². The first-order chi connectivity index (χ1) is 9.20. The maximum Gasteiger partial charge on any atom is 0.270 e. The molecule has 0 bridgehead atoms. The quantitative estimate of drug-likeness (QED) is 0.778. The van der Waals surface area contributed by atoms with Crippen LogP contribution in [-0.4, -0.2) is 43.8 Å². The van der Waals surface area contributed by atoms with Crippen LogP contribution in [0.25, 0.3) is 0 Å². The van der Waals surface area contributed by atoms with Crippen LogP contribution < -0.4 is 0 Å². The molecular formula is C11H13ClF2N2O3S. The van der Waals surface area contributed by atoms with E-state index in [1.165, 1.54) is 17.8 Å². The molecule has 1 saturated carbocycles. The van der Waals surface area contributed by atoms with E-state index in [0.29, 0.717) is 0 Å². The molecule has 1 aromatic rings. The van der Waals surface area contributed by atoms with E-state index in [1.54, 1.807) is 0 Å². The van der Waals surface area contributed by atoms with Crippen molar-refractivity contribution in [1.82, 2.24) is 9.47 Å². The zero-order chi connectivity index (χ0) is 15.1. The summed E-state index contributed by atoms with van der Waals surface area (Å²) >= 11 is 0. The Morgan fingerprint density at radius 1 is 1.55 bits per heavy atom. The number of carbonyl (C=O) groups excluding carboxylic acids is 1. The number of hydrogen-bond donors (Lipinski definition) is 0. The van der Waals surface area contributed by atoms with Crippen LogP contribution in [0.15, 0.2) is 17.2 Å². The third-order valence-corrected chi connectivity index (χ3v) is 4.34. The van der Waals surface area contributed by atoms with E-state index >= 15 is 0 Å². The number of aromatic nitrogens is 1. The minimum atomic E-state index is -3.96. The second-order valence-corrected chi connectivity index (χ2v) is 7.28. The van der Waals surface area contributed by atoms with Crippen molar-refractivity contribution in [2.24, 2.45) is 0 Å². The lowest BCUT2D eigenvalue weighted by Gasteiger charge is -2.17. The molecule has 5 nitrogen and oxygen atoms in total. The Balaban J connectivity index is 2.35. The van der Waals surface area contributed by atoms with E-state index in [1.807, 2.05) is 0 Å². The smallest absolute Gasteiger partial charge is 0.270 e. The van der Waals surface area contributed by atoms with Gasteiger partial charge in [0.05, 0.1) is 6.54 Å². The Labute approximate surface area is 119 Å². The summed E-state index contributed by atoms with van der Waals surface area (Å²) in [6.45, 7) is -0.711. The van der Waals surface area contributed by atoms with E-state index in [-0.39, 0.29) is 16.6 Å². The minimum Gasteiger partial charge on any atom is -0.339 e. The molecule has 0 aromatic carbocycles. The molecule has 0 N–H and O–H groups in total. The topological polar surface area (TPSA) is 59.4 Å². The van der Waals surface area contributed by atoms with Gasteiger partial charge in [0, 0.05) is 30.0 Å². The Kier molecular flexibility index (Phi) is 4.06. The standard InChI is InChI=1S/C11H13ClF2N2O3S/c1-15(6-10(13)14)11(17)9-4-8(20(12,18)19)5-16(9)7-2-3-7/h4-5,7,10H,2-3,6H2,1H3. The fourth-order valence-corrected chi connectivity index (χ4v) is 2.64. The van der Waals surface area contributed by atoms with E-state index < -0.39 is 27.9 Å². The summed E-state index contributed by atoms with van der Waals surface area (Å²) in [5.74, 6) is -0.649. The molecular weight excluding hydrogens is 314 g/mol. The molecule has 1 aliphatic rings. The van der Waals surface area contributed by atoms with Crippen molar-refractivity contribution < 1.29 is 22.0 Å². The second-order valence-electron chi connectivity index (χ2n) is 4.71. The van der Waals surface area contributed by atoms with Crippen LogP contribution in [0.2, 0.25) is 0 Å². The number of carbonyl (C=O) groups is 1. The van der Waals surface area contributed by atoms with E-state index in [0.717, 1.165) is 23.8 Å². The summed E-state index contributed by atoms with van der Waals surface area (Å²) in [5.41, 5.74) is 0.0647. The van der Waals surface area contributed by atoms with E-state index in [2.05, 4.69) is 0 Å². The first-order valence-corrected chi connectivity index (χ1v) is 8.21. The monoisotopic (exact) mass is 326 g/mol. The Bertz CT molecular complexity index is 626. The van der Waals surface area contributed by atoms with Crippen LogP contribution in [0.3, 0.4) is 0 Å². The van der Waals surface area contributed by atoms with Crippen LogP contribution in [-0.2, 0) is 9.05 Å². The van der Waals surface area contributed by atoms with Gasteiger partial charge in [-0.05, 0) is 18.9 Å². The average molecular weight is 327 g/mol. The largest absolute Gasteiger partial charge is 0.339 e. The molecule has 1 heterocycles. The van der Waals surface area contributed by atoms with Gasteiger partial charge in [-0.2, -0.15) is 0 Å². The van der Waals surface area contributed by atoms with Crippen molar-refractivity contribution in [3.63, 3.8) is 0 Å². The number of amides is 1. The molecule has 1 aromatic heterocycles. The summed E-state index contributed by atoms with van der Waals surface area (Å²) in [6.07, 6.45) is 0.262. The van der Waals surface area contributed by atoms with Gasteiger partial charge in [0.15, 0.2) is 0 Å². The molecule has 112 valence electrons. The molecule has 9 heteroatoms. The maximum atomic E-state index is 12.3. The predicted molar refractivity (Wildman–Crippen MR) is 68.7 cm³/mol. The fourth-order valence-electron chi connectivity index (χ4n) is 1.90. The normalized spacial score (nSPS) is 15.7. The van der Waals surface area contributed by atoms with Gasteiger partial charge in [0.2, 0.25) is 0 Å². The summed E-state index contributed by atoms with van der Waals surface area (Å²) < 4.78 is 48.8. The fraction of sp³-hybridized carbons (Fsp3) is 0.545. The summed E-state index contributed by atoms with van der Waals surface area (Å²) in [4.78, 5) is 12.8.